The minimum atomic E-state index is -4.53. The van der Waals surface area contributed by atoms with Crippen molar-refractivity contribution in [2.75, 3.05) is 6.54 Å². The third-order valence-corrected chi connectivity index (χ3v) is 3.39. The molecule has 1 aliphatic rings. The van der Waals surface area contributed by atoms with Gasteiger partial charge in [0.05, 0.1) is 0 Å². The van der Waals surface area contributed by atoms with Gasteiger partial charge in [0.1, 0.15) is 6.04 Å². The molecule has 0 radical (unpaired) electrons. The van der Waals surface area contributed by atoms with Crippen molar-refractivity contribution in [2.24, 2.45) is 0 Å². The van der Waals surface area contributed by atoms with Crippen LogP contribution in [0.5, 0.6) is 0 Å². The summed E-state index contributed by atoms with van der Waals surface area (Å²) in [5, 5.41) is 0. The minimum absolute atomic E-state index is 0.157. The molecular weight excluding hydrogens is 231 g/mol. The van der Waals surface area contributed by atoms with Crippen LogP contribution in [0.4, 0.5) is 13.2 Å². The van der Waals surface area contributed by atoms with Gasteiger partial charge >= 0.3 is 6.18 Å². The van der Waals surface area contributed by atoms with E-state index in [0.717, 1.165) is 0 Å². The van der Waals surface area contributed by atoms with Gasteiger partial charge in [-0.1, -0.05) is 0 Å². The molecule has 0 aromatic carbocycles. The second-order valence-electron chi connectivity index (χ2n) is 2.75. The summed E-state index contributed by atoms with van der Waals surface area (Å²) in [4.78, 5) is 0. The summed E-state index contributed by atoms with van der Waals surface area (Å²) >= 11 is 0. The largest absolute Gasteiger partial charge is 0.405 e. The number of hydrogen-bond donors (Lipinski definition) is 0. The molecular formula is C5H7ClF3NO2S. The van der Waals surface area contributed by atoms with Crippen molar-refractivity contribution in [1.29, 1.82) is 0 Å². The molecule has 78 valence electrons. The normalized spacial score (nSPS) is 26.6. The highest BCUT2D eigenvalue weighted by molar-refractivity contribution is 8.11. The van der Waals surface area contributed by atoms with Crippen LogP contribution in [0.15, 0.2) is 0 Å². The second-order valence-corrected chi connectivity index (χ2v) is 5.22. The molecule has 0 N–H and O–H groups in total. The molecule has 0 spiro atoms. The lowest BCUT2D eigenvalue weighted by molar-refractivity contribution is -0.164. The van der Waals surface area contributed by atoms with Crippen LogP contribution in [0.2, 0.25) is 0 Å². The molecule has 1 rings (SSSR count). The average Bonchev–Trinajstić information content (AvgIpc) is 2.27. The predicted octanol–water partition coefficient (Wildman–Crippen LogP) is 1.50. The van der Waals surface area contributed by atoms with E-state index in [1.54, 1.807) is 0 Å². The molecule has 1 fully saturated rings. The van der Waals surface area contributed by atoms with Crippen molar-refractivity contribution >= 4 is 19.9 Å². The van der Waals surface area contributed by atoms with Crippen LogP contribution >= 0.6 is 10.7 Å². The first-order valence-electron chi connectivity index (χ1n) is 3.51. The Morgan fingerprint density at radius 2 is 1.92 bits per heavy atom. The Morgan fingerprint density at radius 1 is 1.38 bits per heavy atom. The van der Waals surface area contributed by atoms with Crippen molar-refractivity contribution in [3.8, 4) is 0 Å². The monoisotopic (exact) mass is 237 g/mol. The van der Waals surface area contributed by atoms with Gasteiger partial charge in [0.25, 0.3) is 9.24 Å². The van der Waals surface area contributed by atoms with Gasteiger partial charge in [0.2, 0.25) is 0 Å². The number of rotatable bonds is 1. The molecule has 0 aliphatic carbocycles. The SMILES string of the molecule is O=S(=O)(Cl)N1CCC[C@H]1C(F)(F)F. The van der Waals surface area contributed by atoms with E-state index >= 15 is 0 Å². The highest BCUT2D eigenvalue weighted by Gasteiger charge is 2.49. The van der Waals surface area contributed by atoms with Crippen molar-refractivity contribution in [3.05, 3.63) is 0 Å². The molecule has 0 saturated carbocycles. The zero-order valence-corrected chi connectivity index (χ0v) is 7.95. The molecule has 0 bridgehead atoms. The lowest BCUT2D eigenvalue weighted by Gasteiger charge is -2.22. The van der Waals surface area contributed by atoms with E-state index in [-0.39, 0.29) is 23.7 Å². The summed E-state index contributed by atoms with van der Waals surface area (Å²) in [5.74, 6) is 0. The molecule has 1 heterocycles. The third-order valence-electron chi connectivity index (χ3n) is 1.86. The summed E-state index contributed by atoms with van der Waals surface area (Å²) in [6.45, 7) is -0.157. The van der Waals surface area contributed by atoms with Gasteiger partial charge in [-0.15, -0.1) is 0 Å². The fourth-order valence-electron chi connectivity index (χ4n) is 1.33. The van der Waals surface area contributed by atoms with Crippen LogP contribution in [-0.2, 0) is 9.24 Å². The maximum Gasteiger partial charge on any atom is 0.405 e. The fraction of sp³-hybridized carbons (Fsp3) is 1.00. The van der Waals surface area contributed by atoms with Crippen molar-refractivity contribution in [1.82, 2.24) is 4.31 Å². The van der Waals surface area contributed by atoms with E-state index < -0.39 is 21.5 Å². The molecule has 0 aromatic heterocycles. The van der Waals surface area contributed by atoms with Crippen LogP contribution < -0.4 is 0 Å². The Balaban J connectivity index is 2.89. The number of nitrogens with zero attached hydrogens (tertiary/aromatic N) is 1. The second kappa shape index (κ2) is 3.29. The Morgan fingerprint density at radius 3 is 2.23 bits per heavy atom. The topological polar surface area (TPSA) is 37.4 Å². The first kappa shape index (κ1) is 11.1. The van der Waals surface area contributed by atoms with Gasteiger partial charge in [-0.05, 0) is 12.8 Å². The van der Waals surface area contributed by atoms with Crippen LogP contribution in [0.3, 0.4) is 0 Å². The summed E-state index contributed by atoms with van der Waals surface area (Å²) in [7, 11) is 0.589. The quantitative estimate of drug-likeness (QED) is 0.648. The third kappa shape index (κ3) is 2.47. The Kier molecular flexibility index (Phi) is 2.80. The molecule has 1 atom stereocenters. The molecule has 8 heteroatoms. The van der Waals surface area contributed by atoms with Crippen molar-refractivity contribution in [3.63, 3.8) is 0 Å². The van der Waals surface area contributed by atoms with Crippen LogP contribution in [0.1, 0.15) is 12.8 Å². The summed E-state index contributed by atoms with van der Waals surface area (Å²) in [6, 6.07) is -1.95. The number of hydrogen-bond acceptors (Lipinski definition) is 2. The molecule has 0 aromatic rings. The van der Waals surface area contributed by atoms with Gasteiger partial charge in [-0.3, -0.25) is 0 Å². The van der Waals surface area contributed by atoms with Crippen molar-refractivity contribution in [2.45, 2.75) is 25.1 Å². The maximum atomic E-state index is 12.2. The molecule has 13 heavy (non-hydrogen) atoms. The van der Waals surface area contributed by atoms with Gasteiger partial charge in [0, 0.05) is 17.2 Å². The standard InChI is InChI=1S/C5H7ClF3NO2S/c6-13(11,12)10-3-1-2-4(10)5(7,8)9/h4H,1-3H2/t4-/m0/s1. The van der Waals surface area contributed by atoms with E-state index in [0.29, 0.717) is 0 Å². The van der Waals surface area contributed by atoms with Gasteiger partial charge in [0.15, 0.2) is 0 Å². The van der Waals surface area contributed by atoms with Crippen LogP contribution in [0, 0.1) is 0 Å². The zero-order chi connectivity index (χ0) is 10.3. The Bertz CT molecular complexity index is 289. The van der Waals surface area contributed by atoms with Crippen LogP contribution in [0.25, 0.3) is 0 Å². The number of halogens is 4. The van der Waals surface area contributed by atoms with Crippen LogP contribution in [-0.4, -0.2) is 31.5 Å². The molecule has 0 amide bonds. The minimum Gasteiger partial charge on any atom is -0.195 e. The zero-order valence-electron chi connectivity index (χ0n) is 6.38. The first-order valence-corrected chi connectivity index (χ1v) is 5.77. The molecule has 1 saturated heterocycles. The number of alkyl halides is 3. The van der Waals surface area contributed by atoms with E-state index in [9.17, 15) is 21.6 Å². The van der Waals surface area contributed by atoms with E-state index in [1.807, 2.05) is 0 Å². The Labute approximate surface area is 78.0 Å². The fourth-order valence-corrected chi connectivity index (χ4v) is 2.70. The maximum absolute atomic E-state index is 12.2. The summed E-state index contributed by atoms with van der Waals surface area (Å²) in [6.07, 6.45) is -4.55. The van der Waals surface area contributed by atoms with E-state index in [2.05, 4.69) is 0 Å². The predicted molar refractivity (Wildman–Crippen MR) is 40.6 cm³/mol. The average molecular weight is 238 g/mol. The smallest absolute Gasteiger partial charge is 0.195 e. The van der Waals surface area contributed by atoms with Gasteiger partial charge < -0.3 is 0 Å². The lowest BCUT2D eigenvalue weighted by Crippen LogP contribution is -2.42. The van der Waals surface area contributed by atoms with E-state index in [1.165, 1.54) is 0 Å². The highest BCUT2D eigenvalue weighted by atomic mass is 35.7. The van der Waals surface area contributed by atoms with Gasteiger partial charge in [-0.2, -0.15) is 25.9 Å². The lowest BCUT2D eigenvalue weighted by atomic mass is 10.2. The highest BCUT2D eigenvalue weighted by Crippen LogP contribution is 2.35. The van der Waals surface area contributed by atoms with Crippen molar-refractivity contribution < 1.29 is 21.6 Å². The summed E-state index contributed by atoms with van der Waals surface area (Å²) in [5.41, 5.74) is 0. The molecule has 3 nitrogen and oxygen atoms in total. The molecule has 0 unspecified atom stereocenters. The Hall–Kier alpha value is -0.0100. The molecule has 1 aliphatic heterocycles. The summed E-state index contributed by atoms with van der Waals surface area (Å²) < 4.78 is 58.2. The van der Waals surface area contributed by atoms with Gasteiger partial charge in [-0.25, -0.2) is 0 Å². The first-order chi connectivity index (χ1) is 5.73. The van der Waals surface area contributed by atoms with E-state index in [4.69, 9.17) is 10.7 Å².